The summed E-state index contributed by atoms with van der Waals surface area (Å²) in [5.74, 6) is -0.582. The van der Waals surface area contributed by atoms with Gasteiger partial charge in [-0.3, -0.25) is 24.1 Å². The Morgan fingerprint density at radius 1 is 1.02 bits per heavy atom. The summed E-state index contributed by atoms with van der Waals surface area (Å²) in [6, 6.07) is 5.47. The molecule has 1 aliphatic rings. The molecule has 0 aliphatic carbocycles. The molecule has 0 bridgehead atoms. The molecule has 4 amide bonds. The third-order valence-corrected chi connectivity index (χ3v) is 12.2. The van der Waals surface area contributed by atoms with E-state index in [0.717, 1.165) is 24.8 Å². The van der Waals surface area contributed by atoms with Crippen LogP contribution in [0, 0.1) is 23.7 Å². The Bertz CT molecular complexity index is 1300. The second-order valence-corrected chi connectivity index (χ2v) is 16.7. The van der Waals surface area contributed by atoms with Crippen LogP contribution in [0.2, 0.25) is 0 Å². The molecule has 1 aromatic carbocycles. The summed E-state index contributed by atoms with van der Waals surface area (Å²) < 4.78 is 6.05. The molecule has 1 heterocycles. The van der Waals surface area contributed by atoms with Crippen molar-refractivity contribution in [1.82, 2.24) is 24.9 Å². The fourth-order valence-corrected chi connectivity index (χ4v) is 8.99. The highest BCUT2D eigenvalue weighted by Crippen LogP contribution is 2.34. The number of hydrogen-bond acceptors (Lipinski definition) is 8. The van der Waals surface area contributed by atoms with Crippen LogP contribution in [0.3, 0.4) is 0 Å². The van der Waals surface area contributed by atoms with Crippen molar-refractivity contribution in [1.29, 1.82) is 0 Å². The Morgan fingerprint density at radius 2 is 1.67 bits per heavy atom. The first-order chi connectivity index (χ1) is 24.4. The third kappa shape index (κ3) is 11.8. The van der Waals surface area contributed by atoms with Crippen molar-refractivity contribution in [2.75, 3.05) is 54.6 Å². The molecule has 0 aromatic heterocycles. The average Bonchev–Trinajstić information content (AvgIpc) is 3.57. The third-order valence-electron chi connectivity index (χ3n) is 10.9. The number of rotatable bonds is 20. The van der Waals surface area contributed by atoms with Gasteiger partial charge in [-0.25, -0.2) is 0 Å². The topological polar surface area (TPSA) is 123 Å². The van der Waals surface area contributed by atoms with E-state index in [0.29, 0.717) is 19.5 Å². The Balaban J connectivity index is 2.24. The minimum absolute atomic E-state index is 0.0155. The highest BCUT2D eigenvalue weighted by atomic mass is 32.2. The smallest absolute Gasteiger partial charge is 0.245 e. The van der Waals surface area contributed by atoms with Crippen LogP contribution in [0.1, 0.15) is 79.7 Å². The molecule has 0 spiro atoms. The summed E-state index contributed by atoms with van der Waals surface area (Å²) in [7, 11) is 8.90. The molecule has 1 saturated heterocycles. The SMILES string of the molecule is CC[C@H](C)[C@@H]([C@@H](CC(=O)N1CCCC1[C@H](SC)[C@@H](C)C(=O)N(C)CCc1cccc(O)c1)OC)N(C)C(=O)[C@@H](NC(=O)[C@H](C(C)C)N(C)C)C(C)C. The van der Waals surface area contributed by atoms with Crippen molar-refractivity contribution in [3.63, 3.8) is 0 Å². The van der Waals surface area contributed by atoms with Gasteiger partial charge in [0, 0.05) is 51.5 Å². The molecule has 2 N–H and O–H groups in total. The first-order valence-corrected chi connectivity index (χ1v) is 20.3. The number of phenols is 1. The zero-order valence-corrected chi connectivity index (χ0v) is 35.0. The lowest BCUT2D eigenvalue weighted by molar-refractivity contribution is -0.146. The number of aromatic hydroxyl groups is 1. The number of benzene rings is 1. The summed E-state index contributed by atoms with van der Waals surface area (Å²) in [5.41, 5.74) is 0.964. The number of methoxy groups -OCH3 is 1. The van der Waals surface area contributed by atoms with Gasteiger partial charge in [0.2, 0.25) is 23.6 Å². The molecule has 12 heteroatoms. The van der Waals surface area contributed by atoms with E-state index >= 15 is 0 Å². The highest BCUT2D eigenvalue weighted by Gasteiger charge is 2.43. The second-order valence-electron chi connectivity index (χ2n) is 15.7. The average molecular weight is 748 g/mol. The minimum Gasteiger partial charge on any atom is -0.508 e. The van der Waals surface area contributed by atoms with Gasteiger partial charge in [0.15, 0.2) is 0 Å². The molecule has 0 saturated carbocycles. The van der Waals surface area contributed by atoms with Crippen LogP contribution in [-0.4, -0.2) is 139 Å². The number of amides is 4. The van der Waals surface area contributed by atoms with Crippen molar-refractivity contribution >= 4 is 35.4 Å². The van der Waals surface area contributed by atoms with Gasteiger partial charge in [-0.05, 0) is 75.1 Å². The van der Waals surface area contributed by atoms with E-state index in [-0.39, 0.29) is 76.8 Å². The van der Waals surface area contributed by atoms with Gasteiger partial charge in [-0.1, -0.05) is 67.0 Å². The summed E-state index contributed by atoms with van der Waals surface area (Å²) in [4.78, 5) is 62.8. The van der Waals surface area contributed by atoms with E-state index in [4.69, 9.17) is 4.74 Å². The van der Waals surface area contributed by atoms with E-state index in [1.54, 1.807) is 53.9 Å². The summed E-state index contributed by atoms with van der Waals surface area (Å²) in [5, 5.41) is 12.8. The quantitative estimate of drug-likeness (QED) is 0.196. The molecule has 1 aromatic rings. The Hall–Kier alpha value is -2.83. The van der Waals surface area contributed by atoms with Gasteiger partial charge in [0.05, 0.1) is 24.6 Å². The lowest BCUT2D eigenvalue weighted by Crippen LogP contribution is -2.59. The van der Waals surface area contributed by atoms with Gasteiger partial charge >= 0.3 is 0 Å². The highest BCUT2D eigenvalue weighted by molar-refractivity contribution is 7.99. The fraction of sp³-hybridized carbons (Fsp3) is 0.750. The molecule has 52 heavy (non-hydrogen) atoms. The number of carbonyl (C=O) groups excluding carboxylic acids is 4. The Labute approximate surface area is 318 Å². The maximum absolute atomic E-state index is 14.2. The monoisotopic (exact) mass is 747 g/mol. The molecule has 11 nitrogen and oxygen atoms in total. The van der Waals surface area contributed by atoms with Crippen molar-refractivity contribution in [3.8, 4) is 5.75 Å². The van der Waals surface area contributed by atoms with Crippen molar-refractivity contribution in [2.45, 2.75) is 116 Å². The standard InChI is InChI=1S/C40H69N5O6S/c1-14-27(6)36(44(11)40(50)34(25(2)3)41-38(48)35(26(4)5)42(8)9)32(51-12)24-33(47)45-21-16-19-31(45)37(52-13)28(7)39(49)43(10)22-20-29-17-15-18-30(46)23-29/h15,17-18,23,25-28,31-32,34-37,46H,14,16,19-22,24H2,1-13H3,(H,41,48)/t27-,28+,31?,32+,34-,35-,36-,37+/m0/s1. The fourth-order valence-electron chi connectivity index (χ4n) is 7.87. The molecule has 1 fully saturated rings. The number of likely N-dealkylation sites (tertiary alicyclic amines) is 1. The molecule has 8 atom stereocenters. The Morgan fingerprint density at radius 3 is 2.19 bits per heavy atom. The van der Waals surface area contributed by atoms with E-state index in [1.807, 2.05) is 77.9 Å². The van der Waals surface area contributed by atoms with Crippen molar-refractivity contribution in [3.05, 3.63) is 29.8 Å². The van der Waals surface area contributed by atoms with Crippen LogP contribution in [0.4, 0.5) is 0 Å². The van der Waals surface area contributed by atoms with Gasteiger partial charge in [0.25, 0.3) is 0 Å². The normalized spacial score (nSPS) is 18.8. The number of ether oxygens (including phenoxy) is 1. The van der Waals surface area contributed by atoms with Gasteiger partial charge < -0.3 is 29.9 Å². The predicted octanol–water partition coefficient (Wildman–Crippen LogP) is 4.76. The molecule has 296 valence electrons. The van der Waals surface area contributed by atoms with E-state index < -0.39 is 18.2 Å². The predicted molar refractivity (Wildman–Crippen MR) is 211 cm³/mol. The van der Waals surface area contributed by atoms with E-state index in [9.17, 15) is 24.3 Å². The number of carbonyl (C=O) groups is 4. The van der Waals surface area contributed by atoms with E-state index in [1.165, 1.54) is 0 Å². The number of nitrogens with zero attached hydrogens (tertiary/aromatic N) is 4. The molecule has 0 radical (unpaired) electrons. The molecular formula is C40H69N5O6S. The van der Waals surface area contributed by atoms with Crippen LogP contribution in [-0.2, 0) is 30.3 Å². The minimum atomic E-state index is -0.735. The van der Waals surface area contributed by atoms with E-state index in [2.05, 4.69) is 19.2 Å². The lowest BCUT2D eigenvalue weighted by atomic mass is 9.89. The lowest BCUT2D eigenvalue weighted by Gasteiger charge is -2.41. The molecule has 1 aliphatic heterocycles. The van der Waals surface area contributed by atoms with Crippen molar-refractivity contribution < 1.29 is 29.0 Å². The second kappa shape index (κ2) is 21.2. The van der Waals surface area contributed by atoms with Gasteiger partial charge in [0.1, 0.15) is 11.8 Å². The zero-order chi connectivity index (χ0) is 39.4. The maximum atomic E-state index is 14.2. The number of phenolic OH excluding ortho intramolecular Hbond substituents is 1. The van der Waals surface area contributed by atoms with Crippen LogP contribution in [0.25, 0.3) is 0 Å². The first kappa shape index (κ1) is 45.3. The number of likely N-dealkylation sites (N-methyl/N-ethyl adjacent to an activating group) is 3. The maximum Gasteiger partial charge on any atom is 0.245 e. The Kier molecular flexibility index (Phi) is 18.4. The van der Waals surface area contributed by atoms with Crippen LogP contribution < -0.4 is 5.32 Å². The summed E-state index contributed by atoms with van der Waals surface area (Å²) >= 11 is 1.63. The van der Waals surface area contributed by atoms with Gasteiger partial charge in [-0.15, -0.1) is 0 Å². The number of thioether (sulfide) groups is 1. The first-order valence-electron chi connectivity index (χ1n) is 19.0. The van der Waals surface area contributed by atoms with Crippen LogP contribution >= 0.6 is 11.8 Å². The molecule has 2 rings (SSSR count). The zero-order valence-electron chi connectivity index (χ0n) is 34.2. The largest absolute Gasteiger partial charge is 0.508 e. The summed E-state index contributed by atoms with van der Waals surface area (Å²) in [6.45, 7) is 15.1. The van der Waals surface area contributed by atoms with Crippen LogP contribution in [0.15, 0.2) is 24.3 Å². The van der Waals surface area contributed by atoms with Gasteiger partial charge in [-0.2, -0.15) is 11.8 Å². The number of hydrogen-bond donors (Lipinski definition) is 2. The molecule has 1 unspecified atom stereocenters. The van der Waals surface area contributed by atoms with Crippen molar-refractivity contribution in [2.24, 2.45) is 23.7 Å². The summed E-state index contributed by atoms with van der Waals surface area (Å²) in [6.07, 6.45) is 4.60. The number of nitrogens with one attached hydrogen (secondary N) is 1. The van der Waals surface area contributed by atoms with Crippen LogP contribution in [0.5, 0.6) is 5.75 Å². The molecular weight excluding hydrogens is 679 g/mol.